The number of halogens is 1. The van der Waals surface area contributed by atoms with E-state index in [9.17, 15) is 9.59 Å². The minimum Gasteiger partial charge on any atom is -0.352 e. The van der Waals surface area contributed by atoms with Gasteiger partial charge in [0.05, 0.1) is 6.54 Å². The number of carbonyl (C=O) groups excluding carboxylic acids is 2. The molecule has 5 rings (SSSR count). The van der Waals surface area contributed by atoms with Gasteiger partial charge in [0.25, 0.3) is 0 Å². The van der Waals surface area contributed by atoms with E-state index in [0.29, 0.717) is 31.2 Å². The van der Waals surface area contributed by atoms with Crippen LogP contribution >= 0.6 is 15.9 Å². The van der Waals surface area contributed by atoms with E-state index in [4.69, 9.17) is 4.52 Å². The molecular weight excluding hydrogens is 510 g/mol. The fourth-order valence-electron chi connectivity index (χ4n) is 4.67. The van der Waals surface area contributed by atoms with Crippen molar-refractivity contribution in [1.82, 2.24) is 20.4 Å². The Labute approximate surface area is 212 Å². The van der Waals surface area contributed by atoms with Crippen molar-refractivity contribution in [3.05, 3.63) is 64.5 Å². The van der Waals surface area contributed by atoms with Crippen LogP contribution in [0.25, 0.3) is 11.4 Å². The first kappa shape index (κ1) is 23.7. The zero-order chi connectivity index (χ0) is 24.2. The minimum absolute atomic E-state index is 0.00407. The van der Waals surface area contributed by atoms with Crippen LogP contribution in [0.4, 0.5) is 5.69 Å². The number of hydrogen-bond donors (Lipinski definition) is 1. The maximum atomic E-state index is 12.8. The fraction of sp³-hybridized carbons (Fsp3) is 0.385. The molecule has 2 aliphatic heterocycles. The number of nitrogens with one attached hydrogen (secondary N) is 1. The van der Waals surface area contributed by atoms with Crippen LogP contribution < -0.4 is 10.2 Å². The van der Waals surface area contributed by atoms with Crippen LogP contribution in [-0.4, -0.2) is 46.5 Å². The third kappa shape index (κ3) is 5.79. The summed E-state index contributed by atoms with van der Waals surface area (Å²) < 4.78 is 6.45. The molecule has 2 saturated heterocycles. The van der Waals surface area contributed by atoms with Crippen LogP contribution in [0.2, 0.25) is 0 Å². The molecule has 3 heterocycles. The number of likely N-dealkylation sites (tertiary alicyclic amines) is 1. The molecular formula is C26H28BrN5O3. The molecule has 3 aromatic rings. The van der Waals surface area contributed by atoms with E-state index in [1.165, 1.54) is 0 Å². The van der Waals surface area contributed by atoms with Crippen LogP contribution in [0.15, 0.2) is 57.5 Å². The molecule has 0 aliphatic carbocycles. The van der Waals surface area contributed by atoms with Gasteiger partial charge in [0.1, 0.15) is 0 Å². The summed E-state index contributed by atoms with van der Waals surface area (Å²) in [5.41, 5.74) is 2.83. The smallest absolute Gasteiger partial charge is 0.241 e. The molecule has 8 nitrogen and oxygen atoms in total. The van der Waals surface area contributed by atoms with Gasteiger partial charge >= 0.3 is 0 Å². The first-order valence-corrected chi connectivity index (χ1v) is 12.8. The Balaban J connectivity index is 1.08. The quantitative estimate of drug-likeness (QED) is 0.486. The van der Waals surface area contributed by atoms with Crippen molar-refractivity contribution >= 4 is 33.4 Å². The number of piperidine rings is 1. The monoisotopic (exact) mass is 537 g/mol. The lowest BCUT2D eigenvalue weighted by Crippen LogP contribution is -2.40. The third-order valence-electron chi connectivity index (χ3n) is 6.65. The van der Waals surface area contributed by atoms with Crippen LogP contribution in [0.3, 0.4) is 0 Å². The van der Waals surface area contributed by atoms with E-state index in [1.807, 2.05) is 53.4 Å². The number of carbonyl (C=O) groups is 2. The van der Waals surface area contributed by atoms with Crippen LogP contribution in [0.1, 0.15) is 37.1 Å². The van der Waals surface area contributed by atoms with Gasteiger partial charge in [-0.05, 0) is 74.3 Å². The molecule has 0 radical (unpaired) electrons. The number of nitrogens with zero attached hydrogens (tertiary/aromatic N) is 4. The molecule has 0 atom stereocenters. The average molecular weight is 538 g/mol. The van der Waals surface area contributed by atoms with Gasteiger partial charge in [0.2, 0.25) is 23.5 Å². The largest absolute Gasteiger partial charge is 0.352 e. The molecule has 2 aliphatic rings. The molecule has 35 heavy (non-hydrogen) atoms. The van der Waals surface area contributed by atoms with Gasteiger partial charge in [-0.1, -0.05) is 33.2 Å². The topological polar surface area (TPSA) is 91.6 Å². The summed E-state index contributed by atoms with van der Waals surface area (Å²) in [6.45, 7) is 3.43. The molecule has 182 valence electrons. The van der Waals surface area contributed by atoms with Gasteiger partial charge in [0.15, 0.2) is 0 Å². The lowest BCUT2D eigenvalue weighted by Gasteiger charge is -2.30. The van der Waals surface area contributed by atoms with Gasteiger partial charge < -0.3 is 14.7 Å². The first-order chi connectivity index (χ1) is 17.0. The summed E-state index contributed by atoms with van der Waals surface area (Å²) in [5.74, 6) is 1.42. The summed E-state index contributed by atoms with van der Waals surface area (Å²) >= 11 is 3.43. The standard InChI is InChI=1S/C26H28BrN5O3/c27-21-8-6-19(7-9-21)25-29-23(35-30-25)17-31-13-10-20(11-14-31)26(34)28-16-18-3-1-4-22(15-18)32-12-2-5-24(32)33/h1,3-4,6-9,15,20H,2,5,10-14,16-17H2,(H,28,34). The van der Waals surface area contributed by atoms with Gasteiger partial charge in [0, 0.05) is 41.2 Å². The Bertz CT molecular complexity index is 1190. The van der Waals surface area contributed by atoms with Gasteiger partial charge in [-0.25, -0.2) is 0 Å². The van der Waals surface area contributed by atoms with Crippen molar-refractivity contribution in [2.24, 2.45) is 5.92 Å². The number of amides is 2. The minimum atomic E-state index is -0.00407. The normalized spacial score (nSPS) is 17.2. The van der Waals surface area contributed by atoms with E-state index in [1.54, 1.807) is 0 Å². The zero-order valence-electron chi connectivity index (χ0n) is 19.5. The highest BCUT2D eigenvalue weighted by Gasteiger charge is 2.26. The number of aromatic nitrogens is 2. The summed E-state index contributed by atoms with van der Waals surface area (Å²) in [6.07, 6.45) is 3.10. The van der Waals surface area contributed by atoms with Crippen molar-refractivity contribution in [3.8, 4) is 11.4 Å². The van der Waals surface area contributed by atoms with E-state index >= 15 is 0 Å². The van der Waals surface area contributed by atoms with Crippen LogP contribution in [-0.2, 0) is 22.7 Å². The molecule has 2 aromatic carbocycles. The van der Waals surface area contributed by atoms with Gasteiger partial charge in [-0.3, -0.25) is 14.5 Å². The number of hydrogen-bond acceptors (Lipinski definition) is 6. The molecule has 0 spiro atoms. The molecule has 1 aromatic heterocycles. The van der Waals surface area contributed by atoms with Crippen molar-refractivity contribution < 1.29 is 14.1 Å². The molecule has 0 bridgehead atoms. The molecule has 2 amide bonds. The second kappa shape index (κ2) is 10.7. The van der Waals surface area contributed by atoms with Crippen molar-refractivity contribution in [2.75, 3.05) is 24.5 Å². The second-order valence-corrected chi connectivity index (χ2v) is 10.0. The molecule has 0 saturated carbocycles. The summed E-state index contributed by atoms with van der Waals surface area (Å²) in [6, 6.07) is 15.7. The molecule has 0 unspecified atom stereocenters. The van der Waals surface area contributed by atoms with Gasteiger partial charge in [-0.15, -0.1) is 0 Å². The maximum absolute atomic E-state index is 12.8. The van der Waals surface area contributed by atoms with Crippen LogP contribution in [0, 0.1) is 5.92 Å². The van der Waals surface area contributed by atoms with Crippen molar-refractivity contribution in [1.29, 1.82) is 0 Å². The summed E-state index contributed by atoms with van der Waals surface area (Å²) in [7, 11) is 0. The molecule has 2 fully saturated rings. The highest BCUT2D eigenvalue weighted by Crippen LogP contribution is 2.24. The van der Waals surface area contributed by atoms with E-state index in [-0.39, 0.29) is 17.7 Å². The van der Waals surface area contributed by atoms with Gasteiger partial charge in [-0.2, -0.15) is 4.98 Å². The SMILES string of the molecule is O=C(NCc1cccc(N2CCCC2=O)c1)C1CCN(Cc2nc(-c3ccc(Br)cc3)no2)CC1. The summed E-state index contributed by atoms with van der Waals surface area (Å²) in [5, 5.41) is 7.18. The van der Waals surface area contributed by atoms with Crippen molar-refractivity contribution in [2.45, 2.75) is 38.8 Å². The van der Waals surface area contributed by atoms with E-state index < -0.39 is 0 Å². The highest BCUT2D eigenvalue weighted by atomic mass is 79.9. The number of anilines is 1. The molecule has 1 N–H and O–H groups in total. The lowest BCUT2D eigenvalue weighted by atomic mass is 9.96. The highest BCUT2D eigenvalue weighted by molar-refractivity contribution is 9.10. The Kier molecular flexibility index (Phi) is 7.24. The number of benzene rings is 2. The van der Waals surface area contributed by atoms with E-state index in [2.05, 4.69) is 36.3 Å². The third-order valence-corrected chi connectivity index (χ3v) is 7.18. The van der Waals surface area contributed by atoms with E-state index in [0.717, 1.165) is 60.2 Å². The maximum Gasteiger partial charge on any atom is 0.241 e. The first-order valence-electron chi connectivity index (χ1n) is 12.0. The Morgan fingerprint density at radius 3 is 2.66 bits per heavy atom. The Hall–Kier alpha value is -3.04. The second-order valence-electron chi connectivity index (χ2n) is 9.11. The van der Waals surface area contributed by atoms with Crippen LogP contribution in [0.5, 0.6) is 0 Å². The van der Waals surface area contributed by atoms with Crippen molar-refractivity contribution in [3.63, 3.8) is 0 Å². The zero-order valence-corrected chi connectivity index (χ0v) is 21.0. The predicted octanol–water partition coefficient (Wildman–Crippen LogP) is 4.15. The summed E-state index contributed by atoms with van der Waals surface area (Å²) in [4.78, 5) is 33.4. The molecule has 9 heteroatoms. The Morgan fingerprint density at radius 2 is 1.91 bits per heavy atom. The number of rotatable bonds is 7. The fourth-order valence-corrected chi connectivity index (χ4v) is 4.93. The lowest BCUT2D eigenvalue weighted by molar-refractivity contribution is -0.126. The average Bonchev–Trinajstić information content (AvgIpc) is 3.53. The Morgan fingerprint density at radius 1 is 1.11 bits per heavy atom. The predicted molar refractivity (Wildman–Crippen MR) is 135 cm³/mol.